The van der Waals surface area contributed by atoms with Crippen molar-refractivity contribution in [2.24, 2.45) is 0 Å². The number of H-pyrrole nitrogens is 2. The van der Waals surface area contributed by atoms with Gasteiger partial charge in [0.15, 0.2) is 17.5 Å². The van der Waals surface area contributed by atoms with Crippen LogP contribution in [0.15, 0.2) is 49.4 Å². The van der Waals surface area contributed by atoms with Gasteiger partial charge in [0.2, 0.25) is 0 Å². The summed E-state index contributed by atoms with van der Waals surface area (Å²) in [6, 6.07) is 3.72. The molecule has 6 heterocycles. The number of aromatic amines is 2. The molecule has 0 spiro atoms. The van der Waals surface area contributed by atoms with E-state index in [1.807, 2.05) is 44.2 Å². The molecule has 0 saturated heterocycles. The molecule has 0 aliphatic carbocycles. The molecule has 0 aliphatic heterocycles. The lowest BCUT2D eigenvalue weighted by molar-refractivity contribution is 0.402. The van der Waals surface area contributed by atoms with Gasteiger partial charge in [-0.1, -0.05) is 0 Å². The van der Waals surface area contributed by atoms with Crippen LogP contribution in [-0.4, -0.2) is 63.7 Å². The van der Waals surface area contributed by atoms with Gasteiger partial charge in [0.05, 0.1) is 28.3 Å². The molecule has 0 amide bonds. The number of nitrogens with one attached hydrogen (secondary N) is 2. The Morgan fingerprint density at radius 1 is 1.06 bits per heavy atom. The number of aryl methyl sites for hydroxylation is 1. The van der Waals surface area contributed by atoms with Gasteiger partial charge in [-0.15, -0.1) is 0 Å². The van der Waals surface area contributed by atoms with Gasteiger partial charge >= 0.3 is 0 Å². The highest BCUT2D eigenvalue weighted by atomic mass is 19.1. The summed E-state index contributed by atoms with van der Waals surface area (Å²) in [5.41, 5.74) is 4.86. The Kier molecular flexibility index (Phi) is 4.85. The third-order valence-electron chi connectivity index (χ3n) is 5.67. The summed E-state index contributed by atoms with van der Waals surface area (Å²) in [6.45, 7) is 2.59. The van der Waals surface area contributed by atoms with Crippen LogP contribution < -0.4 is 0 Å². The summed E-state index contributed by atoms with van der Waals surface area (Å²) in [5, 5.41) is 7.54. The van der Waals surface area contributed by atoms with Crippen LogP contribution >= 0.6 is 0 Å². The highest BCUT2D eigenvalue weighted by molar-refractivity contribution is 5.95. The molecule has 35 heavy (non-hydrogen) atoms. The van der Waals surface area contributed by atoms with Crippen LogP contribution in [0.2, 0.25) is 0 Å². The Labute approximate surface area is 198 Å². The van der Waals surface area contributed by atoms with Crippen molar-refractivity contribution in [3.63, 3.8) is 0 Å². The normalized spacial score (nSPS) is 11.8. The second-order valence-corrected chi connectivity index (χ2v) is 8.64. The standard InChI is InChI=1S/C24H21FN10/c1-13-10-35(12-29-13)24-21-16(4-5-27-24)30-23(31-21)22-18-17(32-33-22)9-28-20(19(18)25)15-6-14(7-26-8-15)11-34(2)3/h4-10,12H,11H2,1-3H3,(H,30,31)(H,32,33). The zero-order valence-corrected chi connectivity index (χ0v) is 19.3. The molecular weight excluding hydrogens is 447 g/mol. The lowest BCUT2D eigenvalue weighted by Gasteiger charge is -2.10. The molecule has 0 fully saturated rings. The van der Waals surface area contributed by atoms with Crippen molar-refractivity contribution in [1.29, 1.82) is 0 Å². The Hall–Kier alpha value is -4.51. The molecule has 0 saturated carbocycles. The minimum Gasteiger partial charge on any atom is -0.336 e. The molecule has 11 heteroatoms. The van der Waals surface area contributed by atoms with E-state index in [1.54, 1.807) is 35.7 Å². The molecule has 0 bridgehead atoms. The third kappa shape index (κ3) is 3.62. The van der Waals surface area contributed by atoms with Crippen LogP contribution in [-0.2, 0) is 6.54 Å². The van der Waals surface area contributed by atoms with Crippen LogP contribution in [0.4, 0.5) is 4.39 Å². The van der Waals surface area contributed by atoms with Crippen molar-refractivity contribution in [2.75, 3.05) is 14.1 Å². The van der Waals surface area contributed by atoms with Crippen molar-refractivity contribution in [3.8, 4) is 28.6 Å². The summed E-state index contributed by atoms with van der Waals surface area (Å²) >= 11 is 0. The first kappa shape index (κ1) is 21.1. The van der Waals surface area contributed by atoms with Gasteiger partial charge in [-0.3, -0.25) is 19.6 Å². The monoisotopic (exact) mass is 468 g/mol. The minimum atomic E-state index is -0.487. The van der Waals surface area contributed by atoms with Gasteiger partial charge in [-0.2, -0.15) is 5.10 Å². The number of hydrogen-bond donors (Lipinski definition) is 2. The van der Waals surface area contributed by atoms with Gasteiger partial charge in [-0.25, -0.2) is 19.3 Å². The number of halogens is 1. The average Bonchev–Trinajstić information content (AvgIpc) is 3.56. The first-order valence-electron chi connectivity index (χ1n) is 11.0. The Balaban J connectivity index is 1.49. The fraction of sp³-hybridized carbons (Fsp3) is 0.167. The van der Waals surface area contributed by atoms with Crippen LogP contribution in [0, 0.1) is 12.7 Å². The smallest absolute Gasteiger partial charge is 0.166 e. The van der Waals surface area contributed by atoms with E-state index in [0.29, 0.717) is 45.9 Å². The Morgan fingerprint density at radius 3 is 2.74 bits per heavy atom. The van der Waals surface area contributed by atoms with Gasteiger partial charge < -0.3 is 9.88 Å². The number of nitrogens with zero attached hydrogens (tertiary/aromatic N) is 8. The summed E-state index contributed by atoms with van der Waals surface area (Å²) in [6.07, 6.45) is 10.2. The summed E-state index contributed by atoms with van der Waals surface area (Å²) in [4.78, 5) is 27.4. The third-order valence-corrected chi connectivity index (χ3v) is 5.67. The lowest BCUT2D eigenvalue weighted by atomic mass is 10.1. The zero-order valence-electron chi connectivity index (χ0n) is 19.3. The van der Waals surface area contributed by atoms with Crippen LogP contribution in [0.1, 0.15) is 11.3 Å². The lowest BCUT2D eigenvalue weighted by Crippen LogP contribution is -2.10. The number of hydrogen-bond acceptors (Lipinski definition) is 7. The first-order chi connectivity index (χ1) is 17.0. The van der Waals surface area contributed by atoms with Gasteiger partial charge in [0.25, 0.3) is 0 Å². The number of fused-ring (bicyclic) bond motifs is 2. The van der Waals surface area contributed by atoms with Crippen molar-refractivity contribution in [1.82, 2.24) is 49.6 Å². The highest BCUT2D eigenvalue weighted by Gasteiger charge is 2.21. The molecule has 6 rings (SSSR count). The number of pyridine rings is 3. The van der Waals surface area contributed by atoms with Crippen molar-refractivity contribution in [3.05, 3.63) is 66.5 Å². The zero-order chi connectivity index (χ0) is 24.1. The van der Waals surface area contributed by atoms with E-state index in [2.05, 4.69) is 35.1 Å². The predicted octanol–water partition coefficient (Wildman–Crippen LogP) is 3.65. The van der Waals surface area contributed by atoms with Crippen molar-refractivity contribution in [2.45, 2.75) is 13.5 Å². The van der Waals surface area contributed by atoms with E-state index in [1.165, 1.54) is 0 Å². The second kappa shape index (κ2) is 8.06. The topological polar surface area (TPSA) is 117 Å². The van der Waals surface area contributed by atoms with E-state index in [9.17, 15) is 0 Å². The molecule has 0 aliphatic rings. The maximum absolute atomic E-state index is 15.9. The number of imidazole rings is 2. The highest BCUT2D eigenvalue weighted by Crippen LogP contribution is 2.33. The maximum Gasteiger partial charge on any atom is 0.166 e. The summed E-state index contributed by atoms with van der Waals surface area (Å²) in [7, 11) is 3.94. The summed E-state index contributed by atoms with van der Waals surface area (Å²) in [5.74, 6) is 0.559. The average molecular weight is 469 g/mol. The fourth-order valence-corrected chi connectivity index (χ4v) is 4.18. The van der Waals surface area contributed by atoms with E-state index in [-0.39, 0.29) is 5.69 Å². The molecule has 6 aromatic heterocycles. The Morgan fingerprint density at radius 2 is 1.94 bits per heavy atom. The van der Waals surface area contributed by atoms with E-state index < -0.39 is 5.82 Å². The van der Waals surface area contributed by atoms with Crippen LogP contribution in [0.5, 0.6) is 0 Å². The second-order valence-electron chi connectivity index (χ2n) is 8.64. The van der Waals surface area contributed by atoms with E-state index in [0.717, 1.165) is 16.8 Å². The first-order valence-corrected chi connectivity index (χ1v) is 11.0. The molecular formula is C24H21FN10. The Bertz CT molecular complexity index is 1690. The van der Waals surface area contributed by atoms with E-state index >= 15 is 4.39 Å². The largest absolute Gasteiger partial charge is 0.336 e. The minimum absolute atomic E-state index is 0.209. The van der Waals surface area contributed by atoms with Crippen LogP contribution in [0.25, 0.3) is 50.5 Å². The van der Waals surface area contributed by atoms with Gasteiger partial charge in [0, 0.05) is 36.9 Å². The number of aromatic nitrogens is 9. The summed E-state index contributed by atoms with van der Waals surface area (Å²) < 4.78 is 17.7. The molecule has 6 aromatic rings. The molecule has 0 radical (unpaired) electrons. The molecule has 0 unspecified atom stereocenters. The number of rotatable bonds is 5. The van der Waals surface area contributed by atoms with Crippen molar-refractivity contribution < 1.29 is 4.39 Å². The van der Waals surface area contributed by atoms with Crippen molar-refractivity contribution >= 4 is 21.9 Å². The van der Waals surface area contributed by atoms with Crippen LogP contribution in [0.3, 0.4) is 0 Å². The molecule has 174 valence electrons. The van der Waals surface area contributed by atoms with Gasteiger partial charge in [-0.05, 0) is 38.7 Å². The SMILES string of the molecule is Cc1cn(-c2nccc3[nH]c(-c4n[nH]c5cnc(-c6cncc(CN(C)C)c6)c(F)c45)nc23)cn1. The molecule has 2 N–H and O–H groups in total. The molecule has 0 aromatic carbocycles. The van der Waals surface area contributed by atoms with Gasteiger partial charge in [0.1, 0.15) is 23.2 Å². The predicted molar refractivity (Wildman–Crippen MR) is 129 cm³/mol. The fourth-order valence-electron chi connectivity index (χ4n) is 4.18. The molecule has 0 atom stereocenters. The quantitative estimate of drug-likeness (QED) is 0.397. The van der Waals surface area contributed by atoms with E-state index in [4.69, 9.17) is 4.98 Å². The molecule has 10 nitrogen and oxygen atoms in total. The maximum atomic E-state index is 15.9.